The Bertz CT molecular complexity index is 376. The maximum atomic E-state index is 8.54. The summed E-state index contributed by atoms with van der Waals surface area (Å²) in [4.78, 5) is 8.93. The minimum atomic E-state index is 0.124. The molecular formula is C7H4ClN3OS. The molecule has 1 heterocycles. The van der Waals surface area contributed by atoms with Crippen LogP contribution in [0, 0.1) is 23.7 Å². The van der Waals surface area contributed by atoms with Crippen LogP contribution in [0.25, 0.3) is 0 Å². The maximum absolute atomic E-state index is 8.54. The highest BCUT2D eigenvalue weighted by Gasteiger charge is 2.07. The summed E-state index contributed by atoms with van der Waals surface area (Å²) in [6.07, 6.45) is 4.94. The Morgan fingerprint density at radius 1 is 1.77 bits per heavy atom. The van der Waals surface area contributed by atoms with Gasteiger partial charge in [0.05, 0.1) is 0 Å². The van der Waals surface area contributed by atoms with Gasteiger partial charge >= 0.3 is 0 Å². The Morgan fingerprint density at radius 3 is 3.08 bits per heavy atom. The van der Waals surface area contributed by atoms with Gasteiger partial charge < -0.3 is 0 Å². The largest absolute Gasteiger partial charge is 0.261 e. The van der Waals surface area contributed by atoms with Crippen LogP contribution in [0.4, 0.5) is 5.13 Å². The molecule has 66 valence electrons. The van der Waals surface area contributed by atoms with Crippen LogP contribution >= 0.6 is 22.9 Å². The maximum Gasteiger partial charge on any atom is 0.209 e. The minimum Gasteiger partial charge on any atom is -0.261 e. The SMILES string of the molecule is C#CCONc1nc(Cl)c(C#N)s1. The van der Waals surface area contributed by atoms with Crippen molar-refractivity contribution in [3.63, 3.8) is 0 Å². The van der Waals surface area contributed by atoms with Crippen molar-refractivity contribution in [2.24, 2.45) is 0 Å². The number of nitrogens with one attached hydrogen (secondary N) is 1. The normalized spacial score (nSPS) is 8.85. The summed E-state index contributed by atoms with van der Waals surface area (Å²) in [6, 6.07) is 1.89. The molecule has 0 atom stereocenters. The Morgan fingerprint density at radius 2 is 2.54 bits per heavy atom. The van der Waals surface area contributed by atoms with Gasteiger partial charge in [-0.1, -0.05) is 28.9 Å². The predicted octanol–water partition coefficient (Wildman–Crippen LogP) is 1.64. The van der Waals surface area contributed by atoms with Crippen LogP contribution < -0.4 is 5.48 Å². The number of terminal acetylenes is 1. The van der Waals surface area contributed by atoms with Crippen molar-refractivity contribution in [1.82, 2.24) is 4.98 Å². The van der Waals surface area contributed by atoms with Crippen LogP contribution in [0.5, 0.6) is 0 Å². The van der Waals surface area contributed by atoms with Gasteiger partial charge in [0.1, 0.15) is 17.6 Å². The smallest absolute Gasteiger partial charge is 0.209 e. The molecule has 0 aliphatic rings. The average molecular weight is 214 g/mol. The van der Waals surface area contributed by atoms with Crippen molar-refractivity contribution in [1.29, 1.82) is 5.26 Å². The third-order valence-electron chi connectivity index (χ3n) is 1.00. The second-order valence-electron chi connectivity index (χ2n) is 1.85. The summed E-state index contributed by atoms with van der Waals surface area (Å²) in [5.74, 6) is 2.27. The number of rotatable bonds is 3. The minimum absolute atomic E-state index is 0.124. The van der Waals surface area contributed by atoms with Crippen LogP contribution in [-0.2, 0) is 4.84 Å². The van der Waals surface area contributed by atoms with E-state index in [-0.39, 0.29) is 11.8 Å². The number of aromatic nitrogens is 1. The molecule has 0 fully saturated rings. The number of thiazole rings is 1. The lowest BCUT2D eigenvalue weighted by Gasteiger charge is -1.96. The van der Waals surface area contributed by atoms with E-state index in [4.69, 9.17) is 28.1 Å². The monoisotopic (exact) mass is 213 g/mol. The van der Waals surface area contributed by atoms with Gasteiger partial charge in [0.25, 0.3) is 0 Å². The van der Waals surface area contributed by atoms with Gasteiger partial charge in [-0.05, 0) is 0 Å². The first kappa shape index (κ1) is 9.82. The van der Waals surface area contributed by atoms with E-state index in [9.17, 15) is 0 Å². The standard InChI is InChI=1S/C7H4ClN3OS/c1-2-3-12-11-7-10-6(8)5(4-9)13-7/h1H,3H2,(H,10,11). The van der Waals surface area contributed by atoms with Crippen LogP contribution in [-0.4, -0.2) is 11.6 Å². The lowest BCUT2D eigenvalue weighted by atomic mass is 10.6. The summed E-state index contributed by atoms with van der Waals surface area (Å²) < 4.78 is 0. The second kappa shape index (κ2) is 4.68. The molecule has 0 saturated heterocycles. The highest BCUT2D eigenvalue weighted by atomic mass is 35.5. The molecule has 1 rings (SSSR count). The predicted molar refractivity (Wildman–Crippen MR) is 50.2 cm³/mol. The van der Waals surface area contributed by atoms with Crippen LogP contribution in [0.2, 0.25) is 5.15 Å². The highest BCUT2D eigenvalue weighted by molar-refractivity contribution is 7.16. The zero-order valence-electron chi connectivity index (χ0n) is 6.37. The molecule has 1 N–H and O–H groups in total. The average Bonchev–Trinajstić information content (AvgIpc) is 2.47. The van der Waals surface area contributed by atoms with Crippen molar-refractivity contribution in [3.8, 4) is 18.4 Å². The molecule has 0 amide bonds. The molecule has 0 spiro atoms. The Balaban J connectivity index is 2.60. The molecule has 13 heavy (non-hydrogen) atoms. The topological polar surface area (TPSA) is 57.9 Å². The van der Waals surface area contributed by atoms with Crippen molar-refractivity contribution in [2.45, 2.75) is 0 Å². The molecular weight excluding hydrogens is 210 g/mol. The Labute approximate surface area is 84.1 Å². The summed E-state index contributed by atoms with van der Waals surface area (Å²) in [7, 11) is 0. The van der Waals surface area contributed by atoms with E-state index >= 15 is 0 Å². The molecule has 0 unspecified atom stereocenters. The summed E-state index contributed by atoms with van der Waals surface area (Å²) in [5, 5.41) is 9.12. The van der Waals surface area contributed by atoms with Crippen molar-refractivity contribution >= 4 is 28.1 Å². The third-order valence-corrected chi connectivity index (χ3v) is 2.24. The second-order valence-corrected chi connectivity index (χ2v) is 3.20. The molecule has 0 aromatic carbocycles. The molecule has 0 bridgehead atoms. The third kappa shape index (κ3) is 2.60. The van der Waals surface area contributed by atoms with Crippen LogP contribution in [0.1, 0.15) is 4.88 Å². The zero-order valence-corrected chi connectivity index (χ0v) is 7.95. The molecule has 1 aromatic heterocycles. The van der Waals surface area contributed by atoms with Gasteiger partial charge in [-0.25, -0.2) is 10.5 Å². The van der Waals surface area contributed by atoms with E-state index < -0.39 is 0 Å². The fraction of sp³-hybridized carbons (Fsp3) is 0.143. The van der Waals surface area contributed by atoms with Gasteiger partial charge in [0.15, 0.2) is 5.15 Å². The van der Waals surface area contributed by atoms with Crippen molar-refractivity contribution < 1.29 is 4.84 Å². The van der Waals surface area contributed by atoms with Crippen molar-refractivity contribution in [3.05, 3.63) is 10.0 Å². The van der Waals surface area contributed by atoms with Gasteiger partial charge in [0, 0.05) is 0 Å². The first-order valence-electron chi connectivity index (χ1n) is 3.15. The molecule has 6 heteroatoms. The lowest BCUT2D eigenvalue weighted by Crippen LogP contribution is -2.00. The van der Waals surface area contributed by atoms with Crippen molar-refractivity contribution in [2.75, 3.05) is 12.1 Å². The molecule has 0 radical (unpaired) electrons. The number of nitriles is 1. The van der Waals surface area contributed by atoms with Gasteiger partial charge in [-0.2, -0.15) is 5.26 Å². The summed E-state index contributed by atoms with van der Waals surface area (Å²) >= 11 is 6.70. The number of nitrogens with zero attached hydrogens (tertiary/aromatic N) is 2. The first-order valence-corrected chi connectivity index (χ1v) is 4.35. The number of halogens is 1. The van der Waals surface area contributed by atoms with E-state index in [0.717, 1.165) is 11.3 Å². The highest BCUT2D eigenvalue weighted by Crippen LogP contribution is 2.25. The molecule has 1 aromatic rings. The van der Waals surface area contributed by atoms with Gasteiger partial charge in [-0.15, -0.1) is 6.42 Å². The van der Waals surface area contributed by atoms with E-state index in [1.165, 1.54) is 0 Å². The summed E-state index contributed by atoms with van der Waals surface area (Å²) in [5.41, 5.74) is 2.47. The fourth-order valence-electron chi connectivity index (χ4n) is 0.554. The summed E-state index contributed by atoms with van der Waals surface area (Å²) in [6.45, 7) is 0.124. The van der Waals surface area contributed by atoms with Gasteiger partial charge in [0.2, 0.25) is 5.13 Å². The first-order chi connectivity index (χ1) is 6.27. The van der Waals surface area contributed by atoms with Crippen LogP contribution in [0.15, 0.2) is 0 Å². The van der Waals surface area contributed by atoms with E-state index in [1.54, 1.807) is 0 Å². The van der Waals surface area contributed by atoms with E-state index in [1.807, 2.05) is 6.07 Å². The van der Waals surface area contributed by atoms with E-state index in [0.29, 0.717) is 10.0 Å². The van der Waals surface area contributed by atoms with Gasteiger partial charge in [-0.3, -0.25) is 4.84 Å². The fourth-order valence-corrected chi connectivity index (χ4v) is 1.45. The lowest BCUT2D eigenvalue weighted by molar-refractivity contribution is 0.234. The molecule has 4 nitrogen and oxygen atoms in total. The quantitative estimate of drug-likeness (QED) is 0.471. The number of anilines is 1. The number of hydrogen-bond acceptors (Lipinski definition) is 5. The van der Waals surface area contributed by atoms with E-state index in [2.05, 4.69) is 16.4 Å². The van der Waals surface area contributed by atoms with Crippen LogP contribution in [0.3, 0.4) is 0 Å². The molecule has 0 saturated carbocycles. The Hall–Kier alpha value is -1.27. The number of hydrogen-bond donors (Lipinski definition) is 1. The molecule has 0 aliphatic carbocycles. The Kier molecular flexibility index (Phi) is 3.53. The zero-order chi connectivity index (χ0) is 9.68. The molecule has 0 aliphatic heterocycles.